The van der Waals surface area contributed by atoms with Gasteiger partial charge >= 0.3 is 5.97 Å². The maximum absolute atomic E-state index is 12.9. The lowest BCUT2D eigenvalue weighted by atomic mass is 9.97. The number of H-pyrrole nitrogens is 1. The van der Waals surface area contributed by atoms with Gasteiger partial charge in [-0.3, -0.25) is 14.4 Å². The van der Waals surface area contributed by atoms with Gasteiger partial charge in [-0.25, -0.2) is 9.78 Å². The minimum Gasteiger partial charge on any atom is -0.480 e. The molecule has 4 unspecified atom stereocenters. The lowest BCUT2D eigenvalue weighted by Gasteiger charge is -2.28. The molecule has 0 fully saturated rings. The van der Waals surface area contributed by atoms with E-state index in [0.717, 1.165) is 0 Å². The second-order valence-electron chi connectivity index (χ2n) is 7.55. The first-order valence-corrected chi connectivity index (χ1v) is 9.90. The van der Waals surface area contributed by atoms with Crippen molar-refractivity contribution in [1.82, 2.24) is 25.9 Å². The molecule has 0 aliphatic heterocycles. The van der Waals surface area contributed by atoms with Crippen LogP contribution >= 0.6 is 0 Å². The molecule has 168 valence electrons. The van der Waals surface area contributed by atoms with Crippen LogP contribution in [-0.4, -0.2) is 63.4 Å². The normalized spacial score (nSPS) is 15.0. The Balaban J connectivity index is 2.96. The molecule has 0 bridgehead atoms. The topological polar surface area (TPSA) is 179 Å². The number of nitrogens with zero attached hydrogens (tertiary/aromatic N) is 1. The number of amides is 3. The van der Waals surface area contributed by atoms with Crippen LogP contribution in [0, 0.1) is 11.8 Å². The smallest absolute Gasteiger partial charge is 0.326 e. The molecule has 0 spiro atoms. The molecule has 3 amide bonds. The molecule has 11 nitrogen and oxygen atoms in total. The van der Waals surface area contributed by atoms with Crippen LogP contribution in [0.1, 0.15) is 39.8 Å². The van der Waals surface area contributed by atoms with Gasteiger partial charge in [-0.15, -0.1) is 0 Å². The van der Waals surface area contributed by atoms with E-state index in [1.165, 1.54) is 12.5 Å². The molecule has 0 saturated carbocycles. The van der Waals surface area contributed by atoms with Crippen molar-refractivity contribution in [3.05, 3.63) is 18.2 Å². The Labute approximate surface area is 175 Å². The summed E-state index contributed by atoms with van der Waals surface area (Å²) < 4.78 is 0. The maximum atomic E-state index is 12.9. The van der Waals surface area contributed by atoms with Crippen LogP contribution in [0.15, 0.2) is 12.5 Å². The number of carbonyl (C=O) groups is 4. The standard InChI is InChI=1S/C19H32N6O5/c1-5-11(4)16(19(29)30)25-18(28)15(10(2)3)24-17(27)13(23-14(26)7-20)6-12-8-21-9-22-12/h8-11,13,15-16H,5-7,20H2,1-4H3,(H,21,22)(H,23,26)(H,24,27)(H,25,28)(H,29,30). The molecule has 0 aliphatic rings. The van der Waals surface area contributed by atoms with E-state index in [2.05, 4.69) is 25.9 Å². The van der Waals surface area contributed by atoms with Crippen molar-refractivity contribution in [2.24, 2.45) is 17.6 Å². The maximum Gasteiger partial charge on any atom is 0.326 e. The summed E-state index contributed by atoms with van der Waals surface area (Å²) in [5, 5.41) is 17.1. The number of carbonyl (C=O) groups excluding carboxylic acids is 3. The van der Waals surface area contributed by atoms with Gasteiger partial charge in [-0.2, -0.15) is 0 Å². The Morgan fingerprint density at radius 1 is 1.10 bits per heavy atom. The number of hydrogen-bond donors (Lipinski definition) is 6. The summed E-state index contributed by atoms with van der Waals surface area (Å²) in [6.07, 6.45) is 3.65. The highest BCUT2D eigenvalue weighted by Gasteiger charge is 2.32. The van der Waals surface area contributed by atoms with Crippen molar-refractivity contribution < 1.29 is 24.3 Å². The van der Waals surface area contributed by atoms with Gasteiger partial charge in [-0.1, -0.05) is 34.1 Å². The van der Waals surface area contributed by atoms with Gasteiger partial charge in [0.15, 0.2) is 0 Å². The molecular formula is C19H32N6O5. The number of hydrogen-bond acceptors (Lipinski definition) is 6. The summed E-state index contributed by atoms with van der Waals surface area (Å²) >= 11 is 0. The molecule has 30 heavy (non-hydrogen) atoms. The van der Waals surface area contributed by atoms with E-state index < -0.39 is 41.8 Å². The van der Waals surface area contributed by atoms with Gasteiger partial charge < -0.3 is 31.8 Å². The van der Waals surface area contributed by atoms with Gasteiger partial charge in [0, 0.05) is 18.3 Å². The third-order valence-corrected chi connectivity index (χ3v) is 4.84. The molecule has 0 saturated heterocycles. The fourth-order valence-electron chi connectivity index (χ4n) is 2.79. The first kappa shape index (κ1) is 25.1. The van der Waals surface area contributed by atoms with E-state index in [1.54, 1.807) is 20.8 Å². The fraction of sp³-hybridized carbons (Fsp3) is 0.632. The summed E-state index contributed by atoms with van der Waals surface area (Å²) in [7, 11) is 0. The van der Waals surface area contributed by atoms with Crippen LogP contribution in [0.5, 0.6) is 0 Å². The van der Waals surface area contributed by atoms with Gasteiger partial charge in [0.2, 0.25) is 17.7 Å². The predicted octanol–water partition coefficient (Wildman–Crippen LogP) is -0.848. The van der Waals surface area contributed by atoms with Crippen LogP contribution in [-0.2, 0) is 25.6 Å². The molecule has 11 heteroatoms. The Bertz CT molecular complexity index is 721. The van der Waals surface area contributed by atoms with Crippen molar-refractivity contribution in [1.29, 1.82) is 0 Å². The third kappa shape index (κ3) is 7.47. The fourth-order valence-corrected chi connectivity index (χ4v) is 2.79. The van der Waals surface area contributed by atoms with Crippen molar-refractivity contribution in [3.8, 4) is 0 Å². The van der Waals surface area contributed by atoms with E-state index in [-0.39, 0.29) is 24.8 Å². The highest BCUT2D eigenvalue weighted by molar-refractivity contribution is 5.93. The molecule has 1 aromatic heterocycles. The number of imidazole rings is 1. The first-order valence-electron chi connectivity index (χ1n) is 9.90. The van der Waals surface area contributed by atoms with E-state index in [1.807, 2.05) is 6.92 Å². The SMILES string of the molecule is CCC(C)C(NC(=O)C(NC(=O)C(Cc1cnc[nH]1)NC(=O)CN)C(C)C)C(=O)O. The lowest BCUT2D eigenvalue weighted by Crippen LogP contribution is -2.58. The van der Waals surface area contributed by atoms with Gasteiger partial charge in [0.05, 0.1) is 12.9 Å². The Hall–Kier alpha value is -2.95. The quantitative estimate of drug-likeness (QED) is 0.253. The summed E-state index contributed by atoms with van der Waals surface area (Å²) in [6, 6.07) is -3.04. The lowest BCUT2D eigenvalue weighted by molar-refractivity contribution is -0.144. The summed E-state index contributed by atoms with van der Waals surface area (Å²) in [4.78, 5) is 55.6. The number of rotatable bonds is 12. The highest BCUT2D eigenvalue weighted by Crippen LogP contribution is 2.10. The second-order valence-corrected chi connectivity index (χ2v) is 7.55. The van der Waals surface area contributed by atoms with Gasteiger partial charge in [0.1, 0.15) is 18.1 Å². The Kier molecular flexibility index (Phi) is 9.96. The number of aliphatic carboxylic acids is 1. The zero-order valence-corrected chi connectivity index (χ0v) is 17.8. The number of aromatic amines is 1. The molecular weight excluding hydrogens is 392 g/mol. The average Bonchev–Trinajstić information content (AvgIpc) is 3.21. The van der Waals surface area contributed by atoms with Crippen LogP contribution in [0.4, 0.5) is 0 Å². The highest BCUT2D eigenvalue weighted by atomic mass is 16.4. The zero-order chi connectivity index (χ0) is 22.8. The minimum absolute atomic E-state index is 0.120. The number of nitrogens with two attached hydrogens (primary N) is 1. The second kappa shape index (κ2) is 11.9. The van der Waals surface area contributed by atoms with Gasteiger partial charge in [0.25, 0.3) is 0 Å². The number of carboxylic acids is 1. The molecule has 7 N–H and O–H groups in total. The van der Waals surface area contributed by atoms with E-state index >= 15 is 0 Å². The largest absolute Gasteiger partial charge is 0.480 e. The predicted molar refractivity (Wildman–Crippen MR) is 109 cm³/mol. The van der Waals surface area contributed by atoms with E-state index in [9.17, 15) is 24.3 Å². The number of aromatic nitrogens is 2. The summed E-state index contributed by atoms with van der Waals surface area (Å²) in [6.45, 7) is 6.72. The van der Waals surface area contributed by atoms with E-state index in [4.69, 9.17) is 5.73 Å². The van der Waals surface area contributed by atoms with Crippen LogP contribution in [0.25, 0.3) is 0 Å². The molecule has 0 aromatic carbocycles. The molecule has 0 aliphatic carbocycles. The number of nitrogens with one attached hydrogen (secondary N) is 4. The minimum atomic E-state index is -1.14. The molecule has 1 aromatic rings. The van der Waals surface area contributed by atoms with Crippen molar-refractivity contribution in [2.75, 3.05) is 6.54 Å². The van der Waals surface area contributed by atoms with Crippen LogP contribution in [0.3, 0.4) is 0 Å². The van der Waals surface area contributed by atoms with Crippen LogP contribution < -0.4 is 21.7 Å². The van der Waals surface area contributed by atoms with Crippen molar-refractivity contribution in [2.45, 2.75) is 58.7 Å². The van der Waals surface area contributed by atoms with Crippen molar-refractivity contribution >= 4 is 23.7 Å². The summed E-state index contributed by atoms with van der Waals surface area (Å²) in [5.74, 6) is -3.46. The van der Waals surface area contributed by atoms with Crippen LogP contribution in [0.2, 0.25) is 0 Å². The first-order chi connectivity index (χ1) is 14.1. The number of carboxylic acid groups (broad SMARTS) is 1. The third-order valence-electron chi connectivity index (χ3n) is 4.84. The monoisotopic (exact) mass is 424 g/mol. The van der Waals surface area contributed by atoms with E-state index in [0.29, 0.717) is 12.1 Å². The molecule has 1 rings (SSSR count). The summed E-state index contributed by atoms with van der Waals surface area (Å²) in [5.41, 5.74) is 5.94. The molecule has 4 atom stereocenters. The zero-order valence-electron chi connectivity index (χ0n) is 17.8. The Morgan fingerprint density at radius 2 is 1.73 bits per heavy atom. The molecule has 0 radical (unpaired) electrons. The van der Waals surface area contributed by atoms with Gasteiger partial charge in [-0.05, 0) is 11.8 Å². The molecule has 1 heterocycles. The Morgan fingerprint density at radius 3 is 2.20 bits per heavy atom. The van der Waals surface area contributed by atoms with Crippen molar-refractivity contribution in [3.63, 3.8) is 0 Å². The average molecular weight is 425 g/mol.